The normalized spacial score (nSPS) is 21.7. The molecule has 0 radical (unpaired) electrons. The smallest absolute Gasteiger partial charge is 0.128 e. The summed E-state index contributed by atoms with van der Waals surface area (Å²) in [5, 5.41) is 1.12. The van der Waals surface area contributed by atoms with E-state index >= 15 is 0 Å². The van der Waals surface area contributed by atoms with Crippen molar-refractivity contribution in [1.29, 1.82) is 0 Å². The maximum Gasteiger partial charge on any atom is 0.128 e. The Bertz CT molecular complexity index is 287. The predicted octanol–water partition coefficient (Wildman–Crippen LogP) is 3.08. The van der Waals surface area contributed by atoms with E-state index in [0.717, 1.165) is 23.6 Å². The van der Waals surface area contributed by atoms with Crippen LogP contribution in [0.4, 0.5) is 5.82 Å². The first kappa shape index (κ1) is 10.9. The molecule has 82 valence electrons. The molecule has 0 aromatic carbocycles. The summed E-state index contributed by atoms with van der Waals surface area (Å²) in [5.41, 5.74) is 0. The van der Waals surface area contributed by atoms with Crippen LogP contribution in [0.5, 0.6) is 0 Å². The van der Waals surface area contributed by atoms with Crippen molar-refractivity contribution < 1.29 is 0 Å². The molecule has 0 aliphatic carbocycles. The number of aromatic nitrogens is 1. The van der Waals surface area contributed by atoms with Crippen LogP contribution in [0.25, 0.3) is 0 Å². The Morgan fingerprint density at radius 3 is 3.13 bits per heavy atom. The van der Waals surface area contributed by atoms with Gasteiger partial charge >= 0.3 is 0 Å². The predicted molar refractivity (Wildman–Crippen MR) is 67.6 cm³/mol. The third-order valence-corrected chi connectivity index (χ3v) is 3.47. The molecular formula is C12H17BrN2. The lowest BCUT2D eigenvalue weighted by Crippen LogP contribution is -2.36. The van der Waals surface area contributed by atoms with Crippen LogP contribution in [0.3, 0.4) is 0 Å². The molecule has 1 aliphatic rings. The fourth-order valence-electron chi connectivity index (χ4n) is 2.20. The third kappa shape index (κ3) is 2.94. The minimum absolute atomic E-state index is 0.833. The first-order valence-corrected chi connectivity index (χ1v) is 6.74. The molecule has 0 saturated carbocycles. The van der Waals surface area contributed by atoms with E-state index in [4.69, 9.17) is 0 Å². The lowest BCUT2D eigenvalue weighted by Gasteiger charge is -2.33. The van der Waals surface area contributed by atoms with E-state index in [9.17, 15) is 0 Å². The molecule has 2 nitrogen and oxygen atoms in total. The summed E-state index contributed by atoms with van der Waals surface area (Å²) in [6, 6.07) is 6.15. The van der Waals surface area contributed by atoms with E-state index < -0.39 is 0 Å². The zero-order chi connectivity index (χ0) is 10.5. The molecule has 1 unspecified atom stereocenters. The Labute approximate surface area is 99.8 Å². The zero-order valence-corrected chi connectivity index (χ0v) is 10.5. The Morgan fingerprint density at radius 1 is 1.47 bits per heavy atom. The highest BCUT2D eigenvalue weighted by Gasteiger charge is 2.19. The third-order valence-electron chi connectivity index (χ3n) is 3.01. The molecule has 2 heterocycles. The van der Waals surface area contributed by atoms with Crippen LogP contribution in [-0.4, -0.2) is 23.4 Å². The Balaban J connectivity index is 1.98. The fourth-order valence-corrected chi connectivity index (χ4v) is 2.85. The maximum absolute atomic E-state index is 4.41. The van der Waals surface area contributed by atoms with Crippen LogP contribution in [0, 0.1) is 5.92 Å². The van der Waals surface area contributed by atoms with Crippen LogP contribution < -0.4 is 4.90 Å². The summed E-state index contributed by atoms with van der Waals surface area (Å²) in [5.74, 6) is 1.97. The minimum atomic E-state index is 0.833. The van der Waals surface area contributed by atoms with Crippen molar-refractivity contribution in [3.05, 3.63) is 24.4 Å². The van der Waals surface area contributed by atoms with E-state index in [2.05, 4.69) is 37.9 Å². The molecule has 0 N–H and O–H groups in total. The van der Waals surface area contributed by atoms with Gasteiger partial charge in [0.25, 0.3) is 0 Å². The van der Waals surface area contributed by atoms with Gasteiger partial charge in [-0.1, -0.05) is 22.0 Å². The van der Waals surface area contributed by atoms with Gasteiger partial charge in [-0.05, 0) is 37.3 Å². The summed E-state index contributed by atoms with van der Waals surface area (Å²) in [6.45, 7) is 2.33. The molecule has 0 spiro atoms. The van der Waals surface area contributed by atoms with Gasteiger partial charge in [-0.2, -0.15) is 0 Å². The quantitative estimate of drug-likeness (QED) is 0.784. The van der Waals surface area contributed by atoms with Gasteiger partial charge in [-0.3, -0.25) is 0 Å². The van der Waals surface area contributed by atoms with E-state index in [0.29, 0.717) is 0 Å². The van der Waals surface area contributed by atoms with Gasteiger partial charge in [-0.25, -0.2) is 4.98 Å². The topological polar surface area (TPSA) is 16.1 Å². The molecular weight excluding hydrogens is 252 g/mol. The van der Waals surface area contributed by atoms with Crippen molar-refractivity contribution >= 4 is 21.7 Å². The molecule has 0 bridgehead atoms. The van der Waals surface area contributed by atoms with E-state index in [1.54, 1.807) is 0 Å². The Morgan fingerprint density at radius 2 is 2.40 bits per heavy atom. The standard InChI is InChI=1S/C12H17BrN2/c13-7-6-11-4-3-9-15(10-11)12-5-1-2-8-14-12/h1-2,5,8,11H,3-4,6-7,9-10H2. The molecule has 1 fully saturated rings. The average molecular weight is 269 g/mol. The van der Waals surface area contributed by atoms with Gasteiger partial charge in [0.05, 0.1) is 0 Å². The van der Waals surface area contributed by atoms with Gasteiger partial charge in [0, 0.05) is 24.6 Å². The largest absolute Gasteiger partial charge is 0.356 e. The van der Waals surface area contributed by atoms with E-state index in [-0.39, 0.29) is 0 Å². The summed E-state index contributed by atoms with van der Waals surface area (Å²) in [7, 11) is 0. The van der Waals surface area contributed by atoms with Gasteiger partial charge in [0.1, 0.15) is 5.82 Å². The van der Waals surface area contributed by atoms with Crippen LogP contribution in [-0.2, 0) is 0 Å². The number of anilines is 1. The van der Waals surface area contributed by atoms with Crippen molar-refractivity contribution in [3.8, 4) is 0 Å². The lowest BCUT2D eigenvalue weighted by molar-refractivity contribution is 0.406. The van der Waals surface area contributed by atoms with Crippen LogP contribution in [0.1, 0.15) is 19.3 Å². The second kappa shape index (κ2) is 5.50. The van der Waals surface area contributed by atoms with E-state index in [1.807, 2.05) is 12.3 Å². The number of nitrogens with zero attached hydrogens (tertiary/aromatic N) is 2. The number of piperidine rings is 1. The number of rotatable bonds is 3. The summed E-state index contributed by atoms with van der Waals surface area (Å²) < 4.78 is 0. The van der Waals surface area contributed by atoms with Crippen LogP contribution >= 0.6 is 15.9 Å². The summed E-state index contributed by atoms with van der Waals surface area (Å²) in [4.78, 5) is 6.82. The maximum atomic E-state index is 4.41. The lowest BCUT2D eigenvalue weighted by atomic mass is 9.96. The second-order valence-electron chi connectivity index (χ2n) is 4.12. The second-order valence-corrected chi connectivity index (χ2v) is 4.91. The zero-order valence-electron chi connectivity index (χ0n) is 8.90. The van der Waals surface area contributed by atoms with Gasteiger partial charge in [-0.15, -0.1) is 0 Å². The number of alkyl halides is 1. The highest BCUT2D eigenvalue weighted by molar-refractivity contribution is 9.09. The minimum Gasteiger partial charge on any atom is -0.356 e. The molecule has 1 atom stereocenters. The number of hydrogen-bond donors (Lipinski definition) is 0. The number of hydrogen-bond acceptors (Lipinski definition) is 2. The average Bonchev–Trinajstić information content (AvgIpc) is 2.31. The van der Waals surface area contributed by atoms with Crippen molar-refractivity contribution in [2.24, 2.45) is 5.92 Å². The van der Waals surface area contributed by atoms with Crippen molar-refractivity contribution in [1.82, 2.24) is 4.98 Å². The number of halogens is 1. The van der Waals surface area contributed by atoms with Crippen molar-refractivity contribution in [2.45, 2.75) is 19.3 Å². The molecule has 2 rings (SSSR count). The molecule has 1 aromatic rings. The first-order chi connectivity index (χ1) is 7.40. The fraction of sp³-hybridized carbons (Fsp3) is 0.583. The molecule has 1 aromatic heterocycles. The van der Waals surface area contributed by atoms with Gasteiger partial charge < -0.3 is 4.90 Å². The molecule has 0 amide bonds. The monoisotopic (exact) mass is 268 g/mol. The Kier molecular flexibility index (Phi) is 4.01. The van der Waals surface area contributed by atoms with Crippen molar-refractivity contribution in [3.63, 3.8) is 0 Å². The van der Waals surface area contributed by atoms with E-state index in [1.165, 1.54) is 25.8 Å². The van der Waals surface area contributed by atoms with Gasteiger partial charge in [0.2, 0.25) is 0 Å². The molecule has 15 heavy (non-hydrogen) atoms. The van der Waals surface area contributed by atoms with Crippen LogP contribution in [0.15, 0.2) is 24.4 Å². The Hall–Kier alpha value is -0.570. The van der Waals surface area contributed by atoms with Crippen LogP contribution in [0.2, 0.25) is 0 Å². The highest BCUT2D eigenvalue weighted by Crippen LogP contribution is 2.23. The first-order valence-electron chi connectivity index (χ1n) is 5.62. The SMILES string of the molecule is BrCCC1CCCN(c2ccccn2)C1. The number of pyridine rings is 1. The van der Waals surface area contributed by atoms with Gasteiger partial charge in [0.15, 0.2) is 0 Å². The molecule has 3 heteroatoms. The highest BCUT2D eigenvalue weighted by atomic mass is 79.9. The molecule has 1 saturated heterocycles. The van der Waals surface area contributed by atoms with Crippen molar-refractivity contribution in [2.75, 3.05) is 23.3 Å². The summed E-state index contributed by atoms with van der Waals surface area (Å²) >= 11 is 3.53. The summed E-state index contributed by atoms with van der Waals surface area (Å²) in [6.07, 6.45) is 5.83. The molecule has 1 aliphatic heterocycles.